The van der Waals surface area contributed by atoms with Gasteiger partial charge in [-0.3, -0.25) is 0 Å². The molecule has 3 fully saturated rings. The molecule has 1 aromatic rings. The van der Waals surface area contributed by atoms with Crippen LogP contribution in [0.1, 0.15) is 18.4 Å². The molecule has 4 heteroatoms. The van der Waals surface area contributed by atoms with Gasteiger partial charge < -0.3 is 20.1 Å². The normalized spacial score (nSPS) is 48.8. The molecule has 1 aliphatic carbocycles. The minimum Gasteiger partial charge on any atom is -0.380 e. The molecule has 0 aromatic heterocycles. The summed E-state index contributed by atoms with van der Waals surface area (Å²) in [6.45, 7) is 2.97. The number of quaternary nitrogens is 1. The lowest BCUT2D eigenvalue weighted by molar-refractivity contribution is -0.916. The average Bonchev–Trinajstić information content (AvgIpc) is 3.06. The van der Waals surface area contributed by atoms with Gasteiger partial charge in [0.1, 0.15) is 6.04 Å². The van der Waals surface area contributed by atoms with E-state index >= 15 is 0 Å². The molecule has 23 heavy (non-hydrogen) atoms. The standard InChI is InChI=1S/C19H22N2O2/c22-18-16-12-9-15-19(6-7-21(15)10-11(12)5-8-23-18)13-3-1-2-4-14(13)20-17(16)19/h1-5,12,15-18,20,22H,6-10H2/p+1/t12-,15-,16+,17-,18?,19+/m0/s1. The highest BCUT2D eigenvalue weighted by molar-refractivity contribution is 5.64. The van der Waals surface area contributed by atoms with E-state index in [2.05, 4.69) is 35.7 Å². The molecule has 2 unspecified atom stereocenters. The summed E-state index contributed by atoms with van der Waals surface area (Å²) < 4.78 is 5.76. The number of piperidine rings is 1. The molecule has 4 heterocycles. The molecule has 3 N–H and O–H groups in total. The van der Waals surface area contributed by atoms with Crippen molar-refractivity contribution in [3.63, 3.8) is 0 Å². The Kier molecular flexibility index (Phi) is 2.36. The smallest absolute Gasteiger partial charge is 0.160 e. The van der Waals surface area contributed by atoms with Crippen LogP contribution in [0.2, 0.25) is 0 Å². The molecule has 0 amide bonds. The van der Waals surface area contributed by atoms with E-state index in [0.29, 0.717) is 24.6 Å². The average molecular weight is 311 g/mol. The predicted octanol–water partition coefficient (Wildman–Crippen LogP) is 0.300. The number of ether oxygens (including phenoxy) is 1. The number of nitrogens with one attached hydrogen (secondary N) is 2. The summed E-state index contributed by atoms with van der Waals surface area (Å²) in [5.41, 5.74) is 4.50. The van der Waals surface area contributed by atoms with Crippen LogP contribution < -0.4 is 10.2 Å². The van der Waals surface area contributed by atoms with Gasteiger partial charge in [0, 0.05) is 30.4 Å². The molecule has 1 spiro atoms. The van der Waals surface area contributed by atoms with E-state index in [1.54, 1.807) is 4.90 Å². The zero-order chi connectivity index (χ0) is 15.2. The zero-order valence-electron chi connectivity index (χ0n) is 13.2. The molecule has 1 saturated carbocycles. The zero-order valence-corrected chi connectivity index (χ0v) is 13.2. The number of benzene rings is 1. The summed E-state index contributed by atoms with van der Waals surface area (Å²) in [6, 6.07) is 9.82. The number of anilines is 1. The van der Waals surface area contributed by atoms with Gasteiger partial charge in [-0.15, -0.1) is 0 Å². The van der Waals surface area contributed by atoms with Crippen molar-refractivity contribution in [2.45, 2.75) is 36.6 Å². The number of rotatable bonds is 0. The van der Waals surface area contributed by atoms with E-state index in [1.807, 2.05) is 0 Å². The summed E-state index contributed by atoms with van der Waals surface area (Å²) in [5.74, 6) is 0.659. The van der Waals surface area contributed by atoms with Gasteiger partial charge in [-0.25, -0.2) is 0 Å². The third kappa shape index (κ3) is 1.40. The fourth-order valence-electron chi connectivity index (χ4n) is 6.67. The van der Waals surface area contributed by atoms with Crippen LogP contribution in [0.15, 0.2) is 35.9 Å². The van der Waals surface area contributed by atoms with Crippen molar-refractivity contribution in [2.24, 2.45) is 11.8 Å². The summed E-state index contributed by atoms with van der Waals surface area (Å²) in [7, 11) is 0. The van der Waals surface area contributed by atoms with E-state index < -0.39 is 6.29 Å². The molecule has 4 nitrogen and oxygen atoms in total. The predicted molar refractivity (Wildman–Crippen MR) is 86.3 cm³/mol. The number of aliphatic hydroxyl groups is 1. The van der Waals surface area contributed by atoms with Crippen LogP contribution in [0, 0.1) is 11.8 Å². The third-order valence-corrected chi connectivity index (χ3v) is 7.46. The van der Waals surface area contributed by atoms with Crippen LogP contribution in [-0.2, 0) is 10.2 Å². The second kappa shape index (κ2) is 4.18. The van der Waals surface area contributed by atoms with Crippen molar-refractivity contribution in [2.75, 3.05) is 25.0 Å². The minimum atomic E-state index is -0.652. The van der Waals surface area contributed by atoms with Crippen molar-refractivity contribution in [3.8, 4) is 0 Å². The summed E-state index contributed by atoms with van der Waals surface area (Å²) in [6.07, 6.45) is 4.04. The Hall–Kier alpha value is -1.36. The number of aliphatic hydroxyl groups excluding tert-OH is 1. The Balaban J connectivity index is 1.59. The number of fused-ring (bicyclic) bond motifs is 2. The van der Waals surface area contributed by atoms with E-state index in [-0.39, 0.29) is 11.3 Å². The van der Waals surface area contributed by atoms with Gasteiger partial charge in [-0.1, -0.05) is 24.3 Å². The first kappa shape index (κ1) is 13.0. The maximum absolute atomic E-state index is 10.8. The first-order valence-electron chi connectivity index (χ1n) is 8.98. The molecule has 4 aliphatic heterocycles. The van der Waals surface area contributed by atoms with Crippen LogP contribution in [0.4, 0.5) is 5.69 Å². The molecule has 2 saturated heterocycles. The largest absolute Gasteiger partial charge is 0.380 e. The Morgan fingerprint density at radius 1 is 1.30 bits per heavy atom. The lowest BCUT2D eigenvalue weighted by Crippen LogP contribution is -3.16. The highest BCUT2D eigenvalue weighted by Gasteiger charge is 2.69. The van der Waals surface area contributed by atoms with Gasteiger partial charge in [-0.2, -0.15) is 0 Å². The maximum atomic E-state index is 10.8. The Bertz CT molecular complexity index is 717. The van der Waals surface area contributed by atoms with Gasteiger partial charge in [0.25, 0.3) is 0 Å². The SMILES string of the molecule is OC1OCC=C2C[NH+]3CC[C@]45c6ccccc6N[C@H]4[C@H]1[C@H]2C[C@H]35. The van der Waals surface area contributed by atoms with Crippen molar-refractivity contribution in [1.29, 1.82) is 0 Å². The maximum Gasteiger partial charge on any atom is 0.160 e. The first-order chi connectivity index (χ1) is 11.3. The van der Waals surface area contributed by atoms with E-state index in [1.165, 1.54) is 36.2 Å². The monoisotopic (exact) mass is 311 g/mol. The molecule has 7 atom stereocenters. The van der Waals surface area contributed by atoms with E-state index in [4.69, 9.17) is 4.74 Å². The van der Waals surface area contributed by atoms with Gasteiger partial charge >= 0.3 is 0 Å². The van der Waals surface area contributed by atoms with Crippen LogP contribution in [-0.4, -0.2) is 43.2 Å². The molecule has 120 valence electrons. The van der Waals surface area contributed by atoms with Crippen LogP contribution in [0.3, 0.4) is 0 Å². The molecule has 2 bridgehead atoms. The number of para-hydroxylation sites is 1. The fourth-order valence-corrected chi connectivity index (χ4v) is 6.67. The molecular weight excluding hydrogens is 288 g/mol. The van der Waals surface area contributed by atoms with Gasteiger partial charge in [0.15, 0.2) is 6.29 Å². The van der Waals surface area contributed by atoms with Gasteiger partial charge in [0.05, 0.1) is 31.2 Å². The Labute approximate surface area is 136 Å². The highest BCUT2D eigenvalue weighted by atomic mass is 16.6. The molecule has 5 aliphatic rings. The number of hydrogen-bond donors (Lipinski definition) is 3. The van der Waals surface area contributed by atoms with Crippen molar-refractivity contribution >= 4 is 5.69 Å². The minimum absolute atomic E-state index is 0.173. The third-order valence-electron chi connectivity index (χ3n) is 7.46. The molecule has 0 radical (unpaired) electrons. The Morgan fingerprint density at radius 3 is 3.17 bits per heavy atom. The lowest BCUT2D eigenvalue weighted by Gasteiger charge is -2.52. The quantitative estimate of drug-likeness (QED) is 0.604. The van der Waals surface area contributed by atoms with Crippen molar-refractivity contribution < 1.29 is 14.7 Å². The van der Waals surface area contributed by atoms with Crippen molar-refractivity contribution in [1.82, 2.24) is 0 Å². The lowest BCUT2D eigenvalue weighted by atomic mass is 9.55. The van der Waals surface area contributed by atoms with Gasteiger partial charge in [0.2, 0.25) is 0 Å². The number of hydrogen-bond acceptors (Lipinski definition) is 3. The fraction of sp³-hybridized carbons (Fsp3) is 0.579. The van der Waals surface area contributed by atoms with Crippen LogP contribution in [0.5, 0.6) is 0 Å². The van der Waals surface area contributed by atoms with Crippen molar-refractivity contribution in [3.05, 3.63) is 41.5 Å². The first-order valence-corrected chi connectivity index (χ1v) is 8.98. The van der Waals surface area contributed by atoms with Crippen LogP contribution >= 0.6 is 0 Å². The molecular formula is C19H23N2O2+. The van der Waals surface area contributed by atoms with Gasteiger partial charge in [-0.05, 0) is 17.2 Å². The van der Waals surface area contributed by atoms with E-state index in [0.717, 1.165) is 6.54 Å². The molecule has 1 aromatic carbocycles. The molecule has 6 rings (SSSR count). The van der Waals surface area contributed by atoms with E-state index in [9.17, 15) is 5.11 Å². The summed E-state index contributed by atoms with van der Waals surface area (Å²) >= 11 is 0. The van der Waals surface area contributed by atoms with Crippen LogP contribution in [0.25, 0.3) is 0 Å². The second-order valence-electron chi connectivity index (χ2n) is 8.02. The highest BCUT2D eigenvalue weighted by Crippen LogP contribution is 2.58. The Morgan fingerprint density at radius 2 is 2.22 bits per heavy atom. The second-order valence-corrected chi connectivity index (χ2v) is 8.02. The topological polar surface area (TPSA) is 45.9 Å². The summed E-state index contributed by atoms with van der Waals surface area (Å²) in [5, 5.41) is 14.6. The summed E-state index contributed by atoms with van der Waals surface area (Å²) in [4.78, 5) is 1.76.